The number of imide groups is 1. The lowest BCUT2D eigenvalue weighted by Crippen LogP contribution is -2.27. The molecule has 2 bridgehead atoms. The van der Waals surface area contributed by atoms with Crippen molar-refractivity contribution in [3.63, 3.8) is 0 Å². The van der Waals surface area contributed by atoms with Gasteiger partial charge in [-0.2, -0.15) is 0 Å². The number of allylic oxidation sites excluding steroid dienone is 2. The summed E-state index contributed by atoms with van der Waals surface area (Å²) in [7, 11) is 0. The van der Waals surface area contributed by atoms with Crippen molar-refractivity contribution < 1.29 is 9.59 Å². The molecule has 1 heterocycles. The number of fused-ring (bicyclic) bond motifs is 2. The molecule has 1 aromatic carbocycles. The zero-order valence-corrected chi connectivity index (χ0v) is 15.7. The normalized spacial score (nSPS) is 25.7. The van der Waals surface area contributed by atoms with Crippen molar-refractivity contribution in [1.29, 1.82) is 0 Å². The number of aryl methyl sites for hydroxylation is 1. The Balaban J connectivity index is 0.000000213. The van der Waals surface area contributed by atoms with Gasteiger partial charge in [0.1, 0.15) is 0 Å². The molecule has 132 valence electrons. The van der Waals surface area contributed by atoms with Gasteiger partial charge < -0.3 is 0 Å². The number of hydrogen-bond acceptors (Lipinski definition) is 3. The Morgan fingerprint density at radius 1 is 1.08 bits per heavy atom. The highest BCUT2D eigenvalue weighted by atomic mass is 32.2. The Morgan fingerprint density at radius 2 is 1.72 bits per heavy atom. The maximum absolute atomic E-state index is 11.9. The molecule has 0 spiro atoms. The van der Waals surface area contributed by atoms with Crippen LogP contribution in [0.1, 0.15) is 44.2 Å². The number of rotatable bonds is 3. The maximum atomic E-state index is 11.9. The Labute approximate surface area is 154 Å². The van der Waals surface area contributed by atoms with Crippen LogP contribution in [0.15, 0.2) is 41.3 Å². The minimum Gasteiger partial charge on any atom is -0.269 e. The molecule has 0 aromatic heterocycles. The molecule has 3 aliphatic rings. The largest absolute Gasteiger partial charge is 0.293 e. The number of benzene rings is 1. The lowest BCUT2D eigenvalue weighted by atomic mass is 10.1. The van der Waals surface area contributed by atoms with Crippen LogP contribution in [0.4, 0.5) is 4.79 Å². The van der Waals surface area contributed by atoms with E-state index < -0.39 is 0 Å². The highest BCUT2D eigenvalue weighted by molar-refractivity contribution is 8.18. The summed E-state index contributed by atoms with van der Waals surface area (Å²) in [5.41, 5.74) is 2.21. The number of carbonyl (C=O) groups is 2. The summed E-state index contributed by atoms with van der Waals surface area (Å²) >= 11 is 1.01. The molecule has 2 unspecified atom stereocenters. The number of likely N-dealkylation sites (N-methyl/N-ethyl adjacent to an activating group) is 1. The first-order valence-electron chi connectivity index (χ1n) is 9.13. The van der Waals surface area contributed by atoms with Gasteiger partial charge in [-0.3, -0.25) is 14.5 Å². The van der Waals surface area contributed by atoms with Gasteiger partial charge in [-0.1, -0.05) is 43.3 Å². The second-order valence-electron chi connectivity index (χ2n) is 6.74. The Kier molecular flexibility index (Phi) is 5.79. The fraction of sp³-hybridized carbons (Fsp3) is 0.429. The van der Waals surface area contributed by atoms with Crippen LogP contribution in [0.25, 0.3) is 6.08 Å². The third-order valence-electron chi connectivity index (χ3n) is 5.04. The molecule has 2 aliphatic carbocycles. The first-order valence-corrected chi connectivity index (χ1v) is 9.95. The topological polar surface area (TPSA) is 37.4 Å². The molecular formula is C21H25NO2S. The summed E-state index contributed by atoms with van der Waals surface area (Å²) in [5, 5.41) is -0.182. The van der Waals surface area contributed by atoms with Gasteiger partial charge in [0.25, 0.3) is 11.1 Å². The minimum atomic E-state index is -0.188. The van der Waals surface area contributed by atoms with Crippen LogP contribution in [0.5, 0.6) is 0 Å². The first kappa shape index (κ1) is 18.0. The number of nitrogens with zero attached hydrogens (tertiary/aromatic N) is 1. The van der Waals surface area contributed by atoms with E-state index in [0.29, 0.717) is 11.4 Å². The van der Waals surface area contributed by atoms with Gasteiger partial charge in [0.05, 0.1) is 4.91 Å². The third kappa shape index (κ3) is 4.24. The zero-order chi connectivity index (χ0) is 17.8. The van der Waals surface area contributed by atoms with E-state index >= 15 is 0 Å². The molecule has 1 aromatic rings. The summed E-state index contributed by atoms with van der Waals surface area (Å²) in [4.78, 5) is 25.2. The molecular weight excluding hydrogens is 330 g/mol. The molecule has 1 saturated carbocycles. The van der Waals surface area contributed by atoms with E-state index in [4.69, 9.17) is 0 Å². The molecule has 25 heavy (non-hydrogen) atoms. The molecule has 3 nitrogen and oxygen atoms in total. The van der Waals surface area contributed by atoms with Gasteiger partial charge in [-0.25, -0.2) is 0 Å². The average molecular weight is 356 g/mol. The van der Waals surface area contributed by atoms with Crippen LogP contribution >= 0.6 is 11.8 Å². The van der Waals surface area contributed by atoms with E-state index in [2.05, 4.69) is 19.1 Å². The summed E-state index contributed by atoms with van der Waals surface area (Å²) in [6.45, 7) is 4.33. The summed E-state index contributed by atoms with van der Waals surface area (Å²) in [5.74, 6) is 1.79. The molecule has 0 N–H and O–H groups in total. The fourth-order valence-electron chi connectivity index (χ4n) is 3.49. The molecule has 1 aliphatic heterocycles. The lowest BCUT2D eigenvalue weighted by molar-refractivity contribution is -0.122. The summed E-state index contributed by atoms with van der Waals surface area (Å²) < 4.78 is 0. The third-order valence-corrected chi connectivity index (χ3v) is 5.95. The van der Waals surface area contributed by atoms with Crippen molar-refractivity contribution >= 4 is 29.0 Å². The second kappa shape index (κ2) is 8.05. The molecule has 2 fully saturated rings. The predicted octanol–water partition coefficient (Wildman–Crippen LogP) is 5.28. The van der Waals surface area contributed by atoms with E-state index in [1.165, 1.54) is 29.7 Å². The molecule has 0 radical (unpaired) electrons. The van der Waals surface area contributed by atoms with Gasteiger partial charge >= 0.3 is 0 Å². The fourth-order valence-corrected chi connectivity index (χ4v) is 4.39. The van der Waals surface area contributed by atoms with Gasteiger partial charge in [0, 0.05) is 6.54 Å². The van der Waals surface area contributed by atoms with Crippen molar-refractivity contribution in [3.8, 4) is 0 Å². The van der Waals surface area contributed by atoms with Crippen LogP contribution in [-0.4, -0.2) is 22.6 Å². The maximum Gasteiger partial charge on any atom is 0.293 e. The van der Waals surface area contributed by atoms with Gasteiger partial charge in [-0.15, -0.1) is 0 Å². The molecule has 4 rings (SSSR count). The Morgan fingerprint density at radius 3 is 2.12 bits per heavy atom. The summed E-state index contributed by atoms with van der Waals surface area (Å²) in [6.07, 6.45) is 12.0. The van der Waals surface area contributed by atoms with Gasteiger partial charge in [0.15, 0.2) is 0 Å². The van der Waals surface area contributed by atoms with Crippen LogP contribution in [0.3, 0.4) is 0 Å². The Bertz CT molecular complexity index is 693. The van der Waals surface area contributed by atoms with Gasteiger partial charge in [-0.05, 0) is 73.4 Å². The SMILES string of the molecule is C1=CC2CCC1C2.CCc1ccc(/C=C2\SC(=O)N(CC)C2=O)cc1. The molecule has 2 amide bonds. The highest BCUT2D eigenvalue weighted by Gasteiger charge is 2.33. The number of thioether (sulfide) groups is 1. The number of amides is 2. The predicted molar refractivity (Wildman–Crippen MR) is 104 cm³/mol. The van der Waals surface area contributed by atoms with Crippen LogP contribution in [0.2, 0.25) is 0 Å². The van der Waals surface area contributed by atoms with Crippen molar-refractivity contribution in [1.82, 2.24) is 4.90 Å². The van der Waals surface area contributed by atoms with E-state index in [0.717, 1.165) is 35.6 Å². The smallest absolute Gasteiger partial charge is 0.269 e. The average Bonchev–Trinajstić information content (AvgIpc) is 3.34. The summed E-state index contributed by atoms with van der Waals surface area (Å²) in [6, 6.07) is 8.02. The van der Waals surface area contributed by atoms with Crippen molar-refractivity contribution in [3.05, 3.63) is 52.4 Å². The molecule has 4 heteroatoms. The minimum absolute atomic E-state index is 0.182. The van der Waals surface area contributed by atoms with Crippen LogP contribution in [-0.2, 0) is 11.2 Å². The monoisotopic (exact) mass is 355 g/mol. The highest BCUT2D eigenvalue weighted by Crippen LogP contribution is 2.38. The Hall–Kier alpha value is -1.81. The van der Waals surface area contributed by atoms with E-state index in [9.17, 15) is 9.59 Å². The quantitative estimate of drug-likeness (QED) is 0.547. The number of carbonyl (C=O) groups excluding carboxylic acids is 2. The van der Waals surface area contributed by atoms with E-state index in [-0.39, 0.29) is 11.1 Å². The first-order chi connectivity index (χ1) is 12.1. The van der Waals surface area contributed by atoms with Crippen LogP contribution < -0.4 is 0 Å². The molecule has 1 saturated heterocycles. The lowest BCUT2D eigenvalue weighted by Gasteiger charge is -2.06. The van der Waals surface area contributed by atoms with Crippen molar-refractivity contribution in [2.45, 2.75) is 39.5 Å². The second-order valence-corrected chi connectivity index (χ2v) is 7.73. The standard InChI is InChI=1S/C14H15NO2S.C7H10/c1-3-10-5-7-11(8-6-10)9-12-13(16)15(4-2)14(17)18-12;1-2-7-4-3-6(1)5-7/h5-9H,3-4H2,1-2H3;1-2,6-7H,3-5H2/b12-9-;. The van der Waals surface area contributed by atoms with E-state index in [1.54, 1.807) is 13.0 Å². The van der Waals surface area contributed by atoms with Crippen LogP contribution in [0, 0.1) is 11.8 Å². The zero-order valence-electron chi connectivity index (χ0n) is 14.9. The van der Waals surface area contributed by atoms with Gasteiger partial charge in [0.2, 0.25) is 0 Å². The van der Waals surface area contributed by atoms with E-state index in [1.807, 2.05) is 24.3 Å². The van der Waals surface area contributed by atoms with Crippen molar-refractivity contribution in [2.24, 2.45) is 11.8 Å². The molecule has 2 atom stereocenters. The number of hydrogen-bond donors (Lipinski definition) is 0. The van der Waals surface area contributed by atoms with Crippen molar-refractivity contribution in [2.75, 3.05) is 6.54 Å².